The van der Waals surface area contributed by atoms with Crippen LogP contribution in [0.5, 0.6) is 11.5 Å². The molecule has 0 unspecified atom stereocenters. The van der Waals surface area contributed by atoms with Crippen molar-refractivity contribution < 1.29 is 19.1 Å². The predicted octanol–water partition coefficient (Wildman–Crippen LogP) is 2.11. The lowest BCUT2D eigenvalue weighted by molar-refractivity contribution is -0.130. The number of methoxy groups -OCH3 is 1. The first-order chi connectivity index (χ1) is 17.9. The predicted molar refractivity (Wildman–Crippen MR) is 139 cm³/mol. The van der Waals surface area contributed by atoms with E-state index in [4.69, 9.17) is 9.47 Å². The fraction of sp³-hybridized carbons (Fsp3) is 0.407. The lowest BCUT2D eigenvalue weighted by atomic mass is 10.0. The van der Waals surface area contributed by atoms with E-state index in [0.717, 1.165) is 17.1 Å². The van der Waals surface area contributed by atoms with Crippen molar-refractivity contribution in [2.75, 3.05) is 33.4 Å². The van der Waals surface area contributed by atoms with Gasteiger partial charge in [-0.3, -0.25) is 19.5 Å². The Kier molecular flexibility index (Phi) is 8.73. The molecular weight excluding hydrogens is 472 g/mol. The molecular formula is C27H34N6O4. The summed E-state index contributed by atoms with van der Waals surface area (Å²) >= 11 is 0. The van der Waals surface area contributed by atoms with E-state index in [1.165, 1.54) is 0 Å². The molecule has 10 heteroatoms. The number of pyridine rings is 1. The molecule has 4 rings (SSSR count). The van der Waals surface area contributed by atoms with Crippen molar-refractivity contribution in [1.82, 2.24) is 30.1 Å². The van der Waals surface area contributed by atoms with Crippen molar-refractivity contribution in [3.05, 3.63) is 60.7 Å². The number of imidazole rings is 1. The number of nitrogens with one attached hydrogen (secondary N) is 2. The van der Waals surface area contributed by atoms with Crippen LogP contribution in [0.25, 0.3) is 11.4 Å². The molecule has 0 saturated heterocycles. The van der Waals surface area contributed by atoms with E-state index in [0.29, 0.717) is 44.3 Å². The molecule has 10 nitrogen and oxygen atoms in total. The zero-order valence-electron chi connectivity index (χ0n) is 21.5. The number of hydrogen-bond donors (Lipinski definition) is 2. The van der Waals surface area contributed by atoms with Crippen LogP contribution in [0.3, 0.4) is 0 Å². The third kappa shape index (κ3) is 6.85. The van der Waals surface area contributed by atoms with Gasteiger partial charge in [-0.15, -0.1) is 0 Å². The standard InChI is InChI=1S/C27H34N6O4/c1-19(2)25-27(35)30-11-13-33-12-10-29-26(33)20-7-8-22(36-3)23(16-20)37-15-14-32(18-24(34)31-25)17-21-6-4-5-9-28-21/h4-10,12,16,19,25H,11,13-15,17-18H2,1-3H3,(H,30,35)(H,31,34)/t25-/m1/s1. The van der Waals surface area contributed by atoms with Crippen LogP contribution in [-0.2, 0) is 22.7 Å². The molecule has 2 aromatic heterocycles. The minimum atomic E-state index is -0.641. The molecule has 2 amide bonds. The van der Waals surface area contributed by atoms with Gasteiger partial charge in [0.05, 0.1) is 19.3 Å². The van der Waals surface area contributed by atoms with Crippen molar-refractivity contribution in [2.24, 2.45) is 5.92 Å². The second kappa shape index (κ2) is 12.4. The van der Waals surface area contributed by atoms with Crippen LogP contribution >= 0.6 is 0 Å². The quantitative estimate of drug-likeness (QED) is 0.558. The monoisotopic (exact) mass is 506 g/mol. The average molecular weight is 507 g/mol. The van der Waals surface area contributed by atoms with Crippen molar-refractivity contribution in [2.45, 2.75) is 33.0 Å². The van der Waals surface area contributed by atoms with E-state index in [-0.39, 0.29) is 24.3 Å². The lowest BCUT2D eigenvalue weighted by Crippen LogP contribution is -2.52. The minimum Gasteiger partial charge on any atom is -0.493 e. The number of carbonyl (C=O) groups is 2. The zero-order chi connectivity index (χ0) is 26.2. The number of rotatable bonds is 4. The van der Waals surface area contributed by atoms with Crippen LogP contribution < -0.4 is 20.1 Å². The third-order valence-electron chi connectivity index (χ3n) is 6.20. The van der Waals surface area contributed by atoms with Crippen LogP contribution in [0, 0.1) is 5.92 Å². The van der Waals surface area contributed by atoms with E-state index in [1.54, 1.807) is 19.5 Å². The van der Waals surface area contributed by atoms with Crippen molar-refractivity contribution in [1.29, 1.82) is 0 Å². The number of nitrogens with zero attached hydrogens (tertiary/aromatic N) is 4. The summed E-state index contributed by atoms with van der Waals surface area (Å²) in [5.74, 6) is 1.45. The maximum absolute atomic E-state index is 13.0. The highest BCUT2D eigenvalue weighted by molar-refractivity contribution is 5.88. The van der Waals surface area contributed by atoms with Gasteiger partial charge in [0, 0.05) is 50.3 Å². The van der Waals surface area contributed by atoms with Crippen LogP contribution in [0.1, 0.15) is 19.5 Å². The van der Waals surface area contributed by atoms with Gasteiger partial charge < -0.3 is 24.7 Å². The Bertz CT molecular complexity index is 1200. The first-order valence-corrected chi connectivity index (χ1v) is 12.5. The third-order valence-corrected chi connectivity index (χ3v) is 6.20. The van der Waals surface area contributed by atoms with Crippen molar-refractivity contribution >= 4 is 11.8 Å². The highest BCUT2D eigenvalue weighted by Gasteiger charge is 2.25. The first-order valence-electron chi connectivity index (χ1n) is 12.5. The molecule has 0 aliphatic carbocycles. The Balaban J connectivity index is 1.62. The Morgan fingerprint density at radius 1 is 1.14 bits per heavy atom. The van der Waals surface area contributed by atoms with Crippen LogP contribution in [0.2, 0.25) is 0 Å². The van der Waals surface area contributed by atoms with Gasteiger partial charge in [0.1, 0.15) is 18.5 Å². The van der Waals surface area contributed by atoms with Crippen molar-refractivity contribution in [3.8, 4) is 22.9 Å². The van der Waals surface area contributed by atoms with E-state index in [9.17, 15) is 9.59 Å². The van der Waals surface area contributed by atoms with Crippen LogP contribution in [-0.4, -0.2) is 70.6 Å². The number of carbonyl (C=O) groups excluding carboxylic acids is 2. The zero-order valence-corrected chi connectivity index (χ0v) is 21.5. The number of hydrogen-bond acceptors (Lipinski definition) is 7. The number of fused-ring (bicyclic) bond motifs is 4. The summed E-state index contributed by atoms with van der Waals surface area (Å²) in [7, 11) is 1.60. The fourth-order valence-corrected chi connectivity index (χ4v) is 4.26. The molecule has 2 bridgehead atoms. The SMILES string of the molecule is COc1ccc2cc1OCCN(Cc1ccccn1)CC(=O)N[C@H](C(C)C)C(=O)NCCn1ccnc1-2. The Hall–Kier alpha value is -3.92. The molecule has 0 spiro atoms. The molecule has 1 atom stereocenters. The Morgan fingerprint density at radius 2 is 2.00 bits per heavy atom. The van der Waals surface area contributed by atoms with E-state index < -0.39 is 6.04 Å². The summed E-state index contributed by atoms with van der Waals surface area (Å²) < 4.78 is 13.6. The summed E-state index contributed by atoms with van der Waals surface area (Å²) in [6.45, 7) is 6.11. The van der Waals surface area contributed by atoms with Crippen molar-refractivity contribution in [3.63, 3.8) is 0 Å². The molecule has 2 N–H and O–H groups in total. The average Bonchev–Trinajstić information content (AvgIpc) is 3.35. The smallest absolute Gasteiger partial charge is 0.242 e. The van der Waals surface area contributed by atoms with E-state index in [1.807, 2.05) is 65.9 Å². The molecule has 0 saturated carbocycles. The fourth-order valence-electron chi connectivity index (χ4n) is 4.26. The normalized spacial score (nSPS) is 17.8. The van der Waals surface area contributed by atoms with E-state index >= 15 is 0 Å². The Labute approximate surface area is 217 Å². The number of amides is 2. The number of benzene rings is 1. The van der Waals surface area contributed by atoms with Gasteiger partial charge in [-0.05, 0) is 36.2 Å². The molecule has 3 aromatic rings. The summed E-state index contributed by atoms with van der Waals surface area (Å²) in [6, 6.07) is 10.7. The van der Waals surface area contributed by atoms with Gasteiger partial charge in [0.15, 0.2) is 11.5 Å². The van der Waals surface area contributed by atoms with Crippen LogP contribution in [0.15, 0.2) is 55.0 Å². The lowest BCUT2D eigenvalue weighted by Gasteiger charge is -2.25. The van der Waals surface area contributed by atoms with Gasteiger partial charge >= 0.3 is 0 Å². The van der Waals surface area contributed by atoms with Crippen LogP contribution in [0.4, 0.5) is 0 Å². The minimum absolute atomic E-state index is 0.0728. The number of aromatic nitrogens is 3. The molecule has 0 radical (unpaired) electrons. The van der Waals surface area contributed by atoms with Gasteiger partial charge in [-0.2, -0.15) is 0 Å². The van der Waals surface area contributed by atoms with Gasteiger partial charge in [0.25, 0.3) is 0 Å². The van der Waals surface area contributed by atoms with Gasteiger partial charge in [0.2, 0.25) is 11.8 Å². The second-order valence-electron chi connectivity index (χ2n) is 9.27. The maximum Gasteiger partial charge on any atom is 0.242 e. The maximum atomic E-state index is 13.0. The van der Waals surface area contributed by atoms with Gasteiger partial charge in [-0.1, -0.05) is 19.9 Å². The summed E-state index contributed by atoms with van der Waals surface area (Å²) in [5.41, 5.74) is 1.71. The molecule has 1 aliphatic heterocycles. The van der Waals surface area contributed by atoms with Gasteiger partial charge in [-0.25, -0.2) is 4.98 Å². The summed E-state index contributed by atoms with van der Waals surface area (Å²) in [6.07, 6.45) is 5.33. The largest absolute Gasteiger partial charge is 0.493 e. The Morgan fingerprint density at radius 3 is 2.76 bits per heavy atom. The topological polar surface area (TPSA) is 111 Å². The summed E-state index contributed by atoms with van der Waals surface area (Å²) in [4.78, 5) is 36.9. The highest BCUT2D eigenvalue weighted by atomic mass is 16.5. The molecule has 0 fully saturated rings. The second-order valence-corrected chi connectivity index (χ2v) is 9.27. The number of ether oxygens (including phenoxy) is 2. The van der Waals surface area contributed by atoms with E-state index in [2.05, 4.69) is 20.6 Å². The molecule has 196 valence electrons. The molecule has 3 heterocycles. The highest BCUT2D eigenvalue weighted by Crippen LogP contribution is 2.32. The first kappa shape index (κ1) is 26.2. The molecule has 1 aromatic carbocycles. The summed E-state index contributed by atoms with van der Waals surface area (Å²) in [5, 5.41) is 5.89. The molecule has 37 heavy (non-hydrogen) atoms. The molecule has 1 aliphatic rings.